The molecule has 0 unspecified atom stereocenters. The number of nitrogen functional groups attached to an aromatic ring is 1. The van der Waals surface area contributed by atoms with Crippen molar-refractivity contribution < 1.29 is 0 Å². The zero-order valence-electron chi connectivity index (χ0n) is 9.11. The van der Waals surface area contributed by atoms with Gasteiger partial charge in [-0.15, -0.1) is 0 Å². The van der Waals surface area contributed by atoms with Crippen LogP contribution in [0.4, 0.5) is 5.82 Å². The average Bonchev–Trinajstić information content (AvgIpc) is 2.28. The van der Waals surface area contributed by atoms with Crippen LogP contribution in [0.15, 0.2) is 24.3 Å². The van der Waals surface area contributed by atoms with Gasteiger partial charge in [-0.3, -0.25) is 0 Å². The number of rotatable bonds is 1. The number of hydrogen-bond donors (Lipinski definition) is 1. The maximum absolute atomic E-state index is 8.87. The van der Waals surface area contributed by atoms with Crippen molar-refractivity contribution in [2.75, 3.05) is 5.73 Å². The highest BCUT2D eigenvalue weighted by Gasteiger charge is 2.10. The van der Waals surface area contributed by atoms with E-state index in [4.69, 9.17) is 22.6 Å². The number of benzene rings is 1. The molecule has 0 spiro atoms. The first-order chi connectivity index (χ1) is 8.11. The van der Waals surface area contributed by atoms with Crippen molar-refractivity contribution in [2.24, 2.45) is 0 Å². The van der Waals surface area contributed by atoms with E-state index in [2.05, 4.69) is 9.97 Å². The number of halogens is 1. The van der Waals surface area contributed by atoms with Crippen LogP contribution in [-0.4, -0.2) is 9.97 Å². The summed E-state index contributed by atoms with van der Waals surface area (Å²) in [5.41, 5.74) is 7.36. The number of nitriles is 1. The Morgan fingerprint density at radius 1 is 1.35 bits per heavy atom. The summed E-state index contributed by atoms with van der Waals surface area (Å²) in [5, 5.41) is 9.48. The zero-order chi connectivity index (χ0) is 12.4. The van der Waals surface area contributed by atoms with Gasteiger partial charge in [-0.1, -0.05) is 23.7 Å². The minimum atomic E-state index is 0.190. The summed E-state index contributed by atoms with van der Waals surface area (Å²) < 4.78 is 0. The Kier molecular flexibility index (Phi) is 2.94. The highest BCUT2D eigenvalue weighted by atomic mass is 35.5. The van der Waals surface area contributed by atoms with Gasteiger partial charge < -0.3 is 5.73 Å². The molecule has 0 aliphatic rings. The van der Waals surface area contributed by atoms with Gasteiger partial charge in [-0.05, 0) is 19.1 Å². The van der Waals surface area contributed by atoms with Crippen LogP contribution < -0.4 is 5.73 Å². The Hall–Kier alpha value is -2.12. The summed E-state index contributed by atoms with van der Waals surface area (Å²) in [4.78, 5) is 8.35. The summed E-state index contributed by atoms with van der Waals surface area (Å²) >= 11 is 5.89. The third kappa shape index (κ3) is 2.19. The third-order valence-electron chi connectivity index (χ3n) is 2.31. The molecule has 17 heavy (non-hydrogen) atoms. The number of aromatic nitrogens is 2. The predicted molar refractivity (Wildman–Crippen MR) is 66.3 cm³/mol. The van der Waals surface area contributed by atoms with E-state index < -0.39 is 0 Å². The average molecular weight is 245 g/mol. The molecule has 5 heteroatoms. The number of hydrogen-bond acceptors (Lipinski definition) is 4. The molecule has 0 atom stereocenters. The van der Waals surface area contributed by atoms with Gasteiger partial charge in [0.05, 0.1) is 5.69 Å². The minimum absolute atomic E-state index is 0.190. The summed E-state index contributed by atoms with van der Waals surface area (Å²) in [6.07, 6.45) is 0. The molecule has 0 bridgehead atoms. The van der Waals surface area contributed by atoms with Crippen molar-refractivity contribution in [1.29, 1.82) is 5.26 Å². The van der Waals surface area contributed by atoms with Crippen molar-refractivity contribution in [1.82, 2.24) is 9.97 Å². The fraction of sp³-hybridized carbons (Fsp3) is 0.0833. The second-order valence-electron chi connectivity index (χ2n) is 3.52. The van der Waals surface area contributed by atoms with E-state index in [1.54, 1.807) is 19.1 Å². The second kappa shape index (κ2) is 4.40. The highest BCUT2D eigenvalue weighted by molar-refractivity contribution is 6.30. The maximum atomic E-state index is 8.87. The molecule has 4 nitrogen and oxygen atoms in total. The van der Waals surface area contributed by atoms with E-state index in [0.717, 1.165) is 5.56 Å². The van der Waals surface area contributed by atoms with Gasteiger partial charge in [-0.25, -0.2) is 9.97 Å². The van der Waals surface area contributed by atoms with Crippen LogP contribution in [-0.2, 0) is 0 Å². The van der Waals surface area contributed by atoms with E-state index in [9.17, 15) is 0 Å². The third-order valence-corrected chi connectivity index (χ3v) is 2.55. The van der Waals surface area contributed by atoms with Crippen LogP contribution in [0.2, 0.25) is 5.02 Å². The summed E-state index contributed by atoms with van der Waals surface area (Å²) in [6.45, 7) is 1.73. The fourth-order valence-corrected chi connectivity index (χ4v) is 1.68. The van der Waals surface area contributed by atoms with E-state index in [1.807, 2.05) is 18.2 Å². The topological polar surface area (TPSA) is 75.6 Å². The van der Waals surface area contributed by atoms with Crippen molar-refractivity contribution in [3.63, 3.8) is 0 Å². The summed E-state index contributed by atoms with van der Waals surface area (Å²) in [7, 11) is 0. The van der Waals surface area contributed by atoms with Gasteiger partial charge in [-0.2, -0.15) is 5.26 Å². The molecule has 84 valence electrons. The predicted octanol–water partition coefficient (Wildman–Crippen LogP) is 2.56. The minimum Gasteiger partial charge on any atom is -0.382 e. The Morgan fingerprint density at radius 3 is 2.71 bits per heavy atom. The molecule has 0 aliphatic carbocycles. The van der Waals surface area contributed by atoms with Crippen LogP contribution in [0.3, 0.4) is 0 Å². The van der Waals surface area contributed by atoms with Gasteiger partial charge in [0, 0.05) is 10.6 Å². The second-order valence-corrected chi connectivity index (χ2v) is 3.95. The lowest BCUT2D eigenvalue weighted by Crippen LogP contribution is -2.02. The maximum Gasteiger partial charge on any atom is 0.161 e. The fourth-order valence-electron chi connectivity index (χ4n) is 1.49. The number of aryl methyl sites for hydroxylation is 1. The first-order valence-electron chi connectivity index (χ1n) is 4.92. The van der Waals surface area contributed by atoms with Crippen LogP contribution in [0, 0.1) is 18.3 Å². The molecule has 0 radical (unpaired) electrons. The van der Waals surface area contributed by atoms with Crippen LogP contribution in [0.1, 0.15) is 11.3 Å². The number of nitrogens with zero attached hydrogens (tertiary/aromatic N) is 3. The molecular formula is C12H9ClN4. The zero-order valence-corrected chi connectivity index (χ0v) is 9.86. The van der Waals surface area contributed by atoms with Crippen LogP contribution in [0.5, 0.6) is 0 Å². The monoisotopic (exact) mass is 244 g/mol. The number of anilines is 1. The van der Waals surface area contributed by atoms with Gasteiger partial charge in [0.15, 0.2) is 5.82 Å². The smallest absolute Gasteiger partial charge is 0.161 e. The van der Waals surface area contributed by atoms with Gasteiger partial charge >= 0.3 is 0 Å². The first-order valence-corrected chi connectivity index (χ1v) is 5.30. The lowest BCUT2D eigenvalue weighted by atomic mass is 10.2. The number of nitrogens with two attached hydrogens (primary N) is 1. The van der Waals surface area contributed by atoms with Gasteiger partial charge in [0.1, 0.15) is 17.5 Å². The van der Waals surface area contributed by atoms with Crippen molar-refractivity contribution >= 4 is 17.4 Å². The molecular weight excluding hydrogens is 236 g/mol. The van der Waals surface area contributed by atoms with Gasteiger partial charge in [0.2, 0.25) is 0 Å². The Balaban J connectivity index is 2.59. The highest BCUT2D eigenvalue weighted by Crippen LogP contribution is 2.22. The Bertz CT molecular complexity index is 593. The molecule has 0 aliphatic heterocycles. The van der Waals surface area contributed by atoms with Crippen molar-refractivity contribution in [3.8, 4) is 17.5 Å². The lowest BCUT2D eigenvalue weighted by molar-refractivity contribution is 1.10. The molecule has 0 saturated heterocycles. The molecule has 2 aromatic rings. The van der Waals surface area contributed by atoms with Crippen molar-refractivity contribution in [2.45, 2.75) is 6.92 Å². The lowest BCUT2D eigenvalue weighted by Gasteiger charge is -2.05. The quantitative estimate of drug-likeness (QED) is 0.837. The van der Waals surface area contributed by atoms with E-state index in [1.165, 1.54) is 0 Å². The van der Waals surface area contributed by atoms with E-state index >= 15 is 0 Å². The molecule has 0 fully saturated rings. The molecule has 1 aromatic carbocycles. The van der Waals surface area contributed by atoms with Crippen LogP contribution >= 0.6 is 11.6 Å². The molecule has 1 aromatic heterocycles. The molecule has 2 rings (SSSR count). The van der Waals surface area contributed by atoms with E-state index in [-0.39, 0.29) is 5.82 Å². The summed E-state index contributed by atoms with van der Waals surface area (Å²) in [5.74, 6) is 0.663. The normalized spacial score (nSPS) is 9.94. The SMILES string of the molecule is Cc1nc(-c2cccc(Cl)c2)nc(N)c1C#N. The summed E-state index contributed by atoms with van der Waals surface area (Å²) in [6, 6.07) is 9.15. The molecule has 2 N–H and O–H groups in total. The largest absolute Gasteiger partial charge is 0.382 e. The molecule has 0 amide bonds. The molecule has 0 saturated carbocycles. The van der Waals surface area contributed by atoms with Gasteiger partial charge in [0.25, 0.3) is 0 Å². The first kappa shape index (κ1) is 11.4. The van der Waals surface area contributed by atoms with Crippen molar-refractivity contribution in [3.05, 3.63) is 40.5 Å². The Morgan fingerprint density at radius 2 is 2.12 bits per heavy atom. The Labute approximate surface area is 104 Å². The standard InChI is InChI=1S/C12H9ClN4/c1-7-10(6-14)11(15)17-12(16-7)8-3-2-4-9(13)5-8/h2-5H,1H3,(H2,15,16,17). The molecule has 1 heterocycles. The van der Waals surface area contributed by atoms with Crippen LogP contribution in [0.25, 0.3) is 11.4 Å². The van der Waals surface area contributed by atoms with E-state index in [0.29, 0.717) is 22.1 Å².